The van der Waals surface area contributed by atoms with Gasteiger partial charge in [0.05, 0.1) is 0 Å². The quantitative estimate of drug-likeness (QED) is 0.459. The zero-order chi connectivity index (χ0) is 22.6. The highest BCUT2D eigenvalue weighted by Gasteiger charge is 3.13. The zero-order valence-electron chi connectivity index (χ0n) is 13.5. The lowest BCUT2D eigenvalue weighted by Crippen LogP contribution is -2.72. The Morgan fingerprint density at radius 1 is 0.857 bits per heavy atom. The summed E-state index contributed by atoms with van der Waals surface area (Å²) in [6.45, 7) is 0.592. The van der Waals surface area contributed by atoms with Crippen molar-refractivity contribution in [1.82, 2.24) is 0 Å². The molecule has 0 aromatic carbocycles. The van der Waals surface area contributed by atoms with Crippen molar-refractivity contribution in [1.29, 1.82) is 0 Å². The standard InChI is InChI=1S/C13H9F13O2/c1-3-6(2,13(24,25)26)5(27)28-4-7(14)10(18,19)9(17,8(4,15)16)12(22,23)11(7,20)21/h4H,3H2,1-2H3. The molecule has 4 unspecified atom stereocenters. The molecule has 0 spiro atoms. The van der Waals surface area contributed by atoms with Crippen LogP contribution in [0, 0.1) is 5.41 Å². The van der Waals surface area contributed by atoms with Crippen LogP contribution in [-0.4, -0.2) is 53.3 Å². The number of carbonyl (C=O) groups is 1. The number of carbonyl (C=O) groups excluding carboxylic acids is 1. The fourth-order valence-electron chi connectivity index (χ4n) is 3.12. The minimum atomic E-state index is -6.98. The van der Waals surface area contributed by atoms with E-state index in [1.165, 1.54) is 0 Å². The molecule has 2 rings (SSSR count). The van der Waals surface area contributed by atoms with Gasteiger partial charge in [0.2, 0.25) is 6.10 Å². The van der Waals surface area contributed by atoms with Crippen LogP contribution in [0.3, 0.4) is 0 Å². The summed E-state index contributed by atoms with van der Waals surface area (Å²) in [6, 6.07) is 0. The van der Waals surface area contributed by atoms with Gasteiger partial charge in [-0.25, -0.2) is 8.78 Å². The van der Waals surface area contributed by atoms with Gasteiger partial charge in [-0.05, 0) is 13.3 Å². The number of hydrogen-bond donors (Lipinski definition) is 0. The summed E-state index contributed by atoms with van der Waals surface area (Å²) >= 11 is 0. The Labute approximate surface area is 147 Å². The van der Waals surface area contributed by atoms with Crippen molar-refractivity contribution in [3.05, 3.63) is 0 Å². The van der Waals surface area contributed by atoms with Gasteiger partial charge in [0.1, 0.15) is 0 Å². The average molecular weight is 444 g/mol. The van der Waals surface area contributed by atoms with Gasteiger partial charge in [0, 0.05) is 0 Å². The van der Waals surface area contributed by atoms with E-state index in [4.69, 9.17) is 0 Å². The number of rotatable bonds is 3. The van der Waals surface area contributed by atoms with E-state index < -0.39 is 65.1 Å². The molecule has 2 bridgehead atoms. The number of hydrogen-bond acceptors (Lipinski definition) is 2. The van der Waals surface area contributed by atoms with E-state index in [0.29, 0.717) is 6.92 Å². The molecule has 28 heavy (non-hydrogen) atoms. The molecule has 2 saturated carbocycles. The first kappa shape index (κ1) is 22.8. The van der Waals surface area contributed by atoms with E-state index in [9.17, 15) is 61.9 Å². The van der Waals surface area contributed by atoms with Crippen molar-refractivity contribution in [2.75, 3.05) is 0 Å². The highest BCUT2D eigenvalue weighted by molar-refractivity contribution is 5.78. The molecule has 2 aliphatic carbocycles. The molecule has 4 atom stereocenters. The third-order valence-corrected chi connectivity index (χ3v) is 5.33. The first-order chi connectivity index (χ1) is 12.1. The molecular formula is C13H9F13O2. The molecule has 2 fully saturated rings. The lowest BCUT2D eigenvalue weighted by molar-refractivity contribution is -0.363. The Morgan fingerprint density at radius 3 is 1.61 bits per heavy atom. The second kappa shape index (κ2) is 5.18. The molecule has 0 radical (unpaired) electrons. The molecular weight excluding hydrogens is 435 g/mol. The van der Waals surface area contributed by atoms with Crippen LogP contribution in [-0.2, 0) is 9.53 Å². The van der Waals surface area contributed by atoms with Crippen LogP contribution >= 0.6 is 0 Å². The van der Waals surface area contributed by atoms with Gasteiger partial charge >= 0.3 is 41.5 Å². The Hall–Kier alpha value is -1.44. The molecule has 0 saturated heterocycles. The normalized spacial score (nSPS) is 39.5. The first-order valence-electron chi connectivity index (χ1n) is 7.24. The van der Waals surface area contributed by atoms with Crippen LogP contribution in [0.5, 0.6) is 0 Å². The van der Waals surface area contributed by atoms with E-state index in [1.54, 1.807) is 0 Å². The van der Waals surface area contributed by atoms with Crippen molar-refractivity contribution in [2.45, 2.75) is 67.6 Å². The molecule has 0 aromatic rings. The number of ether oxygens (including phenoxy) is 1. The van der Waals surface area contributed by atoms with Gasteiger partial charge in [-0.2, -0.15) is 48.3 Å². The molecule has 15 heteroatoms. The molecule has 2 nitrogen and oxygen atoms in total. The molecule has 164 valence electrons. The van der Waals surface area contributed by atoms with Crippen LogP contribution in [0.15, 0.2) is 0 Å². The predicted molar refractivity (Wildman–Crippen MR) is 61.8 cm³/mol. The molecule has 0 aliphatic heterocycles. The fraction of sp³-hybridized carbons (Fsp3) is 0.923. The smallest absolute Gasteiger partial charge is 0.404 e. The SMILES string of the molecule is CCC(C)(C(=O)OC1C(F)(F)C2(F)C(F)(F)C(F)(F)C1(F)C2(F)F)C(F)(F)F. The second-order valence-corrected chi connectivity index (χ2v) is 6.69. The largest absolute Gasteiger partial charge is 0.451 e. The number of halogens is 13. The van der Waals surface area contributed by atoms with Gasteiger partial charge < -0.3 is 4.74 Å². The number of fused-ring (bicyclic) bond motifs is 2. The minimum Gasteiger partial charge on any atom is -0.451 e. The van der Waals surface area contributed by atoms with Gasteiger partial charge in [-0.15, -0.1) is 0 Å². The number of esters is 1. The van der Waals surface area contributed by atoms with Crippen molar-refractivity contribution in [3.63, 3.8) is 0 Å². The van der Waals surface area contributed by atoms with Crippen LogP contribution in [0.2, 0.25) is 0 Å². The second-order valence-electron chi connectivity index (χ2n) is 6.69. The fourth-order valence-corrected chi connectivity index (χ4v) is 3.12. The maximum absolute atomic E-state index is 14.4. The van der Waals surface area contributed by atoms with Crippen LogP contribution in [0.25, 0.3) is 0 Å². The van der Waals surface area contributed by atoms with E-state index in [0.717, 1.165) is 0 Å². The van der Waals surface area contributed by atoms with Gasteiger partial charge in [-0.1, -0.05) is 6.92 Å². The van der Waals surface area contributed by atoms with Gasteiger partial charge in [0.15, 0.2) is 5.41 Å². The molecule has 0 heterocycles. The summed E-state index contributed by atoms with van der Waals surface area (Å²) in [5, 5.41) is 0. The maximum atomic E-state index is 14.4. The predicted octanol–water partition coefficient (Wildman–Crippen LogP) is 4.86. The van der Waals surface area contributed by atoms with E-state index in [2.05, 4.69) is 4.74 Å². The topological polar surface area (TPSA) is 26.3 Å². The van der Waals surface area contributed by atoms with Crippen LogP contribution in [0.4, 0.5) is 57.1 Å². The summed E-state index contributed by atoms with van der Waals surface area (Å²) in [5.74, 6) is -30.1. The molecule has 0 N–H and O–H groups in total. The van der Waals surface area contributed by atoms with E-state index in [1.807, 2.05) is 0 Å². The Bertz CT molecular complexity index is 701. The summed E-state index contributed by atoms with van der Waals surface area (Å²) in [4.78, 5) is 11.7. The van der Waals surface area contributed by atoms with E-state index in [-0.39, 0.29) is 6.92 Å². The highest BCUT2D eigenvalue weighted by atomic mass is 19.4. The van der Waals surface area contributed by atoms with Crippen molar-refractivity contribution < 1.29 is 66.6 Å². The van der Waals surface area contributed by atoms with Crippen molar-refractivity contribution in [2.24, 2.45) is 5.41 Å². The molecule has 0 aromatic heterocycles. The maximum Gasteiger partial charge on any atom is 0.404 e. The van der Waals surface area contributed by atoms with Gasteiger partial charge in [-0.3, -0.25) is 4.79 Å². The highest BCUT2D eigenvalue weighted by Crippen LogP contribution is 2.79. The van der Waals surface area contributed by atoms with E-state index >= 15 is 0 Å². The summed E-state index contributed by atoms with van der Waals surface area (Å²) in [5.41, 5.74) is -17.2. The van der Waals surface area contributed by atoms with Crippen molar-refractivity contribution >= 4 is 5.97 Å². The third kappa shape index (κ3) is 1.82. The van der Waals surface area contributed by atoms with Crippen molar-refractivity contribution in [3.8, 4) is 0 Å². The van der Waals surface area contributed by atoms with Gasteiger partial charge in [0.25, 0.3) is 5.67 Å². The lowest BCUT2D eigenvalue weighted by atomic mass is 9.83. The number of alkyl halides is 13. The molecule has 0 amide bonds. The molecule has 2 aliphatic rings. The Morgan fingerprint density at radius 2 is 1.29 bits per heavy atom. The average Bonchev–Trinajstić information content (AvgIpc) is 2.65. The van der Waals surface area contributed by atoms with Crippen LogP contribution < -0.4 is 0 Å². The monoisotopic (exact) mass is 444 g/mol. The zero-order valence-corrected chi connectivity index (χ0v) is 13.5. The Kier molecular flexibility index (Phi) is 4.23. The minimum absolute atomic E-state index is 0.0261. The Balaban J connectivity index is 2.68. The third-order valence-electron chi connectivity index (χ3n) is 5.33. The first-order valence-corrected chi connectivity index (χ1v) is 7.24. The summed E-state index contributed by atoms with van der Waals surface area (Å²) in [6.07, 6.45) is -11.9. The summed E-state index contributed by atoms with van der Waals surface area (Å²) < 4.78 is 180. The lowest BCUT2D eigenvalue weighted by Gasteiger charge is -2.43. The summed E-state index contributed by atoms with van der Waals surface area (Å²) in [7, 11) is 0. The van der Waals surface area contributed by atoms with Crippen LogP contribution in [0.1, 0.15) is 20.3 Å².